The molecule has 0 aromatic heterocycles. The van der Waals surface area contributed by atoms with Crippen LogP contribution in [-0.4, -0.2) is 106 Å². The van der Waals surface area contributed by atoms with Gasteiger partial charge in [0.1, 0.15) is 11.6 Å². The highest BCUT2D eigenvalue weighted by atomic mass is 16.2. The summed E-state index contributed by atoms with van der Waals surface area (Å²) < 4.78 is 0. The van der Waals surface area contributed by atoms with E-state index in [9.17, 15) is 19.2 Å². The van der Waals surface area contributed by atoms with E-state index in [0.29, 0.717) is 52.1 Å². The molecular weight excluding hydrogens is 432 g/mol. The first-order valence-electron chi connectivity index (χ1n) is 12.2. The number of hydrogen-bond donors (Lipinski definition) is 0. The normalized spacial score (nSPS) is 20.1. The van der Waals surface area contributed by atoms with Gasteiger partial charge in [-0.1, -0.05) is 27.0 Å². The number of nitrogens with zero attached hydrogens (tertiary/aromatic N) is 4. The van der Waals surface area contributed by atoms with Crippen molar-refractivity contribution in [3.8, 4) is 0 Å². The number of rotatable bonds is 8. The number of ketones is 2. The van der Waals surface area contributed by atoms with Crippen molar-refractivity contribution in [2.75, 3.05) is 52.4 Å². The van der Waals surface area contributed by atoms with Crippen LogP contribution in [0.4, 0.5) is 0 Å². The van der Waals surface area contributed by atoms with Gasteiger partial charge in [-0.15, -0.1) is 0 Å². The summed E-state index contributed by atoms with van der Waals surface area (Å²) in [7, 11) is 0. The lowest BCUT2D eigenvalue weighted by atomic mass is 9.87. The van der Waals surface area contributed by atoms with Crippen LogP contribution in [0.1, 0.15) is 54.4 Å². The summed E-state index contributed by atoms with van der Waals surface area (Å²) in [6.07, 6.45) is 3.86. The SMILES string of the molecule is C=CC(=O)N1C(C)(C)CN(CC(=O)CC)CC1(C)C.C=CC(=O)N1CCN(CC(=O)CC)CC1. The molecule has 0 radical (unpaired) electrons. The van der Waals surface area contributed by atoms with Gasteiger partial charge in [0.2, 0.25) is 11.8 Å². The molecule has 8 nitrogen and oxygen atoms in total. The summed E-state index contributed by atoms with van der Waals surface area (Å²) in [5.74, 6) is 0.446. The summed E-state index contributed by atoms with van der Waals surface area (Å²) in [4.78, 5) is 54.1. The van der Waals surface area contributed by atoms with E-state index in [1.165, 1.54) is 12.2 Å². The lowest BCUT2D eigenvalue weighted by molar-refractivity contribution is -0.148. The summed E-state index contributed by atoms with van der Waals surface area (Å²) >= 11 is 0. The molecule has 0 bridgehead atoms. The van der Waals surface area contributed by atoms with Crippen molar-refractivity contribution in [2.24, 2.45) is 0 Å². The molecule has 0 spiro atoms. The van der Waals surface area contributed by atoms with Gasteiger partial charge in [-0.2, -0.15) is 0 Å². The zero-order chi connectivity index (χ0) is 26.1. The third-order valence-corrected chi connectivity index (χ3v) is 6.27. The highest BCUT2D eigenvalue weighted by Crippen LogP contribution is 2.32. The van der Waals surface area contributed by atoms with Crippen molar-refractivity contribution < 1.29 is 19.2 Å². The molecule has 0 aromatic carbocycles. The third kappa shape index (κ3) is 8.47. The fourth-order valence-corrected chi connectivity index (χ4v) is 4.89. The Kier molecular flexibility index (Phi) is 11.3. The minimum Gasteiger partial charge on any atom is -0.337 e. The van der Waals surface area contributed by atoms with Gasteiger partial charge in [0.15, 0.2) is 0 Å². The monoisotopic (exact) mass is 476 g/mol. The number of carbonyl (C=O) groups excluding carboxylic acids is 4. The molecule has 0 aliphatic carbocycles. The van der Waals surface area contributed by atoms with Gasteiger partial charge in [0.25, 0.3) is 0 Å². The van der Waals surface area contributed by atoms with Crippen molar-refractivity contribution in [3.63, 3.8) is 0 Å². The Morgan fingerprint density at radius 1 is 0.706 bits per heavy atom. The molecule has 192 valence electrons. The van der Waals surface area contributed by atoms with Crippen molar-refractivity contribution in [2.45, 2.75) is 65.5 Å². The maximum Gasteiger partial charge on any atom is 0.246 e. The Hall–Kier alpha value is -2.32. The smallest absolute Gasteiger partial charge is 0.246 e. The van der Waals surface area contributed by atoms with Gasteiger partial charge in [-0.25, -0.2) is 0 Å². The molecule has 2 aliphatic heterocycles. The quantitative estimate of drug-likeness (QED) is 0.500. The predicted octanol–water partition coefficient (Wildman–Crippen LogP) is 2.15. The first kappa shape index (κ1) is 29.7. The average Bonchev–Trinajstić information content (AvgIpc) is 2.77. The van der Waals surface area contributed by atoms with Crippen LogP contribution in [0, 0.1) is 0 Å². The Morgan fingerprint density at radius 3 is 1.50 bits per heavy atom. The molecule has 0 unspecified atom stereocenters. The first-order chi connectivity index (χ1) is 15.8. The first-order valence-corrected chi connectivity index (χ1v) is 12.2. The van der Waals surface area contributed by atoms with Crippen LogP contribution in [0.15, 0.2) is 25.3 Å². The zero-order valence-corrected chi connectivity index (χ0v) is 22.1. The van der Waals surface area contributed by atoms with E-state index in [0.717, 1.165) is 13.1 Å². The van der Waals surface area contributed by atoms with Crippen molar-refractivity contribution in [1.82, 2.24) is 19.6 Å². The Bertz CT molecular complexity index is 749. The van der Waals surface area contributed by atoms with Crippen LogP contribution >= 0.6 is 0 Å². The minimum atomic E-state index is -0.305. The van der Waals surface area contributed by atoms with Gasteiger partial charge in [-0.3, -0.25) is 29.0 Å². The lowest BCUT2D eigenvalue weighted by Gasteiger charge is -2.56. The summed E-state index contributed by atoms with van der Waals surface area (Å²) in [5.41, 5.74) is -0.609. The second-order valence-corrected chi connectivity index (χ2v) is 10.2. The Labute approximate surface area is 205 Å². The van der Waals surface area contributed by atoms with E-state index in [4.69, 9.17) is 0 Å². The predicted molar refractivity (Wildman–Crippen MR) is 135 cm³/mol. The molecule has 2 saturated heterocycles. The second-order valence-electron chi connectivity index (χ2n) is 10.2. The fourth-order valence-electron chi connectivity index (χ4n) is 4.89. The fraction of sp³-hybridized carbons (Fsp3) is 0.692. The van der Waals surface area contributed by atoms with Gasteiger partial charge >= 0.3 is 0 Å². The molecule has 34 heavy (non-hydrogen) atoms. The highest BCUT2D eigenvalue weighted by Gasteiger charge is 2.46. The highest BCUT2D eigenvalue weighted by molar-refractivity contribution is 5.88. The van der Waals surface area contributed by atoms with E-state index < -0.39 is 0 Å². The van der Waals surface area contributed by atoms with E-state index in [1.807, 2.05) is 46.4 Å². The van der Waals surface area contributed by atoms with Gasteiger partial charge in [0.05, 0.1) is 24.2 Å². The van der Waals surface area contributed by atoms with Crippen LogP contribution in [0.5, 0.6) is 0 Å². The number of piperazine rings is 2. The van der Waals surface area contributed by atoms with Crippen LogP contribution in [-0.2, 0) is 19.2 Å². The van der Waals surface area contributed by atoms with E-state index in [2.05, 4.69) is 23.0 Å². The maximum absolute atomic E-state index is 12.1. The molecular formula is C26H44N4O4. The number of amides is 2. The van der Waals surface area contributed by atoms with Crippen molar-refractivity contribution in [3.05, 3.63) is 25.3 Å². The molecule has 2 heterocycles. The molecule has 0 aromatic rings. The molecule has 2 rings (SSSR count). The van der Waals surface area contributed by atoms with Crippen molar-refractivity contribution >= 4 is 23.4 Å². The zero-order valence-electron chi connectivity index (χ0n) is 22.1. The number of Topliss-reactive ketones (excluding diaryl/α,β-unsaturated/α-hetero) is 2. The molecule has 0 atom stereocenters. The Balaban J connectivity index is 0.000000350. The summed E-state index contributed by atoms with van der Waals surface area (Å²) in [6.45, 7) is 24.3. The molecule has 0 N–H and O–H groups in total. The van der Waals surface area contributed by atoms with Gasteiger partial charge < -0.3 is 9.80 Å². The van der Waals surface area contributed by atoms with Crippen LogP contribution in [0.2, 0.25) is 0 Å². The van der Waals surface area contributed by atoms with Gasteiger partial charge in [-0.05, 0) is 39.8 Å². The number of hydrogen-bond acceptors (Lipinski definition) is 6. The van der Waals surface area contributed by atoms with E-state index in [1.54, 1.807) is 4.90 Å². The largest absolute Gasteiger partial charge is 0.337 e. The lowest BCUT2D eigenvalue weighted by Crippen LogP contribution is -2.70. The van der Waals surface area contributed by atoms with Crippen molar-refractivity contribution in [1.29, 1.82) is 0 Å². The van der Waals surface area contributed by atoms with Crippen LogP contribution in [0.25, 0.3) is 0 Å². The Morgan fingerprint density at radius 2 is 1.12 bits per heavy atom. The van der Waals surface area contributed by atoms with E-state index >= 15 is 0 Å². The van der Waals surface area contributed by atoms with Crippen LogP contribution in [0.3, 0.4) is 0 Å². The second kappa shape index (κ2) is 13.0. The van der Waals surface area contributed by atoms with E-state index in [-0.39, 0.29) is 34.5 Å². The summed E-state index contributed by atoms with van der Waals surface area (Å²) in [6, 6.07) is 0. The molecule has 2 fully saturated rings. The molecule has 8 heteroatoms. The van der Waals surface area contributed by atoms with Crippen LogP contribution < -0.4 is 0 Å². The minimum absolute atomic E-state index is 0.0172. The maximum atomic E-state index is 12.1. The molecule has 2 amide bonds. The molecule has 0 saturated carbocycles. The average molecular weight is 477 g/mol. The third-order valence-electron chi connectivity index (χ3n) is 6.27. The van der Waals surface area contributed by atoms with Gasteiger partial charge in [0, 0.05) is 52.1 Å². The standard InChI is InChI=1S/C15H26N2O2.C11H18N2O2/c1-7-12(18)9-16-10-14(3,4)17(13(19)8-2)15(5,6)11-16;1-3-10(14)9-12-5-7-13(8-6-12)11(15)4-2/h8H,2,7,9-11H2,1,3-6H3;4H,2-3,5-9H2,1H3. The topological polar surface area (TPSA) is 81.2 Å². The summed E-state index contributed by atoms with van der Waals surface area (Å²) in [5, 5.41) is 0. The molecule has 2 aliphatic rings. The number of carbonyl (C=O) groups is 4.